The Hall–Kier alpha value is -2.47. The maximum absolute atomic E-state index is 11.4. The first-order chi connectivity index (χ1) is 8.13. The van der Waals surface area contributed by atoms with E-state index in [2.05, 4.69) is 0 Å². The predicted molar refractivity (Wildman–Crippen MR) is 59.7 cm³/mol. The fourth-order valence-corrected chi connectivity index (χ4v) is 1.50. The summed E-state index contributed by atoms with van der Waals surface area (Å²) in [4.78, 5) is 35.0. The van der Waals surface area contributed by atoms with Crippen LogP contribution in [0.15, 0.2) is 36.4 Å². The average Bonchev–Trinajstić information content (AvgIpc) is 2.68. The minimum Gasteiger partial charge on any atom is -0.290 e. The number of carbonyl (C=O) groups is 3. The lowest BCUT2D eigenvalue weighted by molar-refractivity contribution is -0.119. The van der Waals surface area contributed by atoms with Gasteiger partial charge in [0.05, 0.1) is 5.69 Å². The Morgan fingerprint density at radius 3 is 2.06 bits per heavy atom. The lowest BCUT2D eigenvalue weighted by atomic mass is 10.2. The Kier molecular flexibility index (Phi) is 2.71. The van der Waals surface area contributed by atoms with Crippen molar-refractivity contribution in [2.45, 2.75) is 0 Å². The van der Waals surface area contributed by atoms with E-state index in [0.717, 1.165) is 4.90 Å². The van der Waals surface area contributed by atoms with E-state index in [1.165, 1.54) is 36.4 Å². The molecule has 6 heteroatoms. The van der Waals surface area contributed by atoms with Crippen molar-refractivity contribution in [3.05, 3.63) is 42.0 Å². The fraction of sp³-hybridized carbons (Fsp3) is 0. The van der Waals surface area contributed by atoms with Crippen LogP contribution in [0.5, 0.6) is 0 Å². The number of hydrogen-bond donors (Lipinski definition) is 2. The van der Waals surface area contributed by atoms with E-state index in [1.54, 1.807) is 0 Å². The molecule has 1 heterocycles. The molecule has 86 valence electrons. The zero-order valence-corrected chi connectivity index (χ0v) is 8.71. The molecule has 17 heavy (non-hydrogen) atoms. The number of nitrogens with two attached hydrogens (primary N) is 1. The summed E-state index contributed by atoms with van der Waals surface area (Å²) in [7, 11) is 0. The van der Waals surface area contributed by atoms with E-state index in [-0.39, 0.29) is 0 Å². The lowest BCUT2D eigenvalue weighted by Crippen LogP contribution is -2.31. The highest BCUT2D eigenvalue weighted by molar-refractivity contribution is 6.28. The summed E-state index contributed by atoms with van der Waals surface area (Å²) in [6.45, 7) is 0. The quantitative estimate of drug-likeness (QED) is 0.317. The molecule has 1 aromatic rings. The van der Waals surface area contributed by atoms with E-state index in [0.29, 0.717) is 11.3 Å². The van der Waals surface area contributed by atoms with Crippen LogP contribution in [-0.4, -0.2) is 17.7 Å². The Morgan fingerprint density at radius 1 is 1.06 bits per heavy atom. The number of imide groups is 1. The van der Waals surface area contributed by atoms with Gasteiger partial charge in [0.15, 0.2) is 0 Å². The number of hydrazine groups is 1. The minimum atomic E-state index is -0.436. The number of nitrogens with zero attached hydrogens (tertiary/aromatic N) is 1. The van der Waals surface area contributed by atoms with Gasteiger partial charge in [-0.3, -0.25) is 19.8 Å². The Labute approximate surface area is 96.7 Å². The van der Waals surface area contributed by atoms with Gasteiger partial charge < -0.3 is 0 Å². The molecule has 6 nitrogen and oxygen atoms in total. The molecule has 1 aliphatic heterocycles. The van der Waals surface area contributed by atoms with Gasteiger partial charge in [-0.2, -0.15) is 0 Å². The highest BCUT2D eigenvalue weighted by atomic mass is 16.2. The van der Waals surface area contributed by atoms with Gasteiger partial charge >= 0.3 is 0 Å². The van der Waals surface area contributed by atoms with Gasteiger partial charge in [-0.1, -0.05) is 0 Å². The normalized spacial score (nSPS) is 14.3. The molecule has 0 saturated heterocycles. The van der Waals surface area contributed by atoms with Crippen molar-refractivity contribution >= 4 is 23.4 Å². The minimum absolute atomic E-state index is 0.350. The summed E-state index contributed by atoms with van der Waals surface area (Å²) < 4.78 is 0. The fourth-order valence-electron chi connectivity index (χ4n) is 1.50. The van der Waals surface area contributed by atoms with Crippen LogP contribution in [0.3, 0.4) is 0 Å². The summed E-state index contributed by atoms with van der Waals surface area (Å²) in [6, 6.07) is 5.98. The van der Waals surface area contributed by atoms with E-state index in [9.17, 15) is 14.4 Å². The molecule has 3 amide bonds. The molecule has 0 spiro atoms. The number of carbonyl (C=O) groups excluding carboxylic acids is 3. The van der Waals surface area contributed by atoms with Crippen molar-refractivity contribution in [3.8, 4) is 0 Å². The van der Waals surface area contributed by atoms with E-state index < -0.39 is 17.7 Å². The number of benzene rings is 1. The average molecular weight is 231 g/mol. The molecule has 1 aliphatic rings. The zero-order valence-electron chi connectivity index (χ0n) is 8.71. The van der Waals surface area contributed by atoms with Gasteiger partial charge in [-0.05, 0) is 24.3 Å². The number of nitrogens with one attached hydrogen (secondary N) is 1. The van der Waals surface area contributed by atoms with Crippen molar-refractivity contribution in [1.82, 2.24) is 5.43 Å². The Bertz CT molecular complexity index is 501. The third-order valence-electron chi connectivity index (χ3n) is 2.33. The maximum atomic E-state index is 11.4. The summed E-state index contributed by atoms with van der Waals surface area (Å²) in [5, 5.41) is 0. The topological polar surface area (TPSA) is 92.5 Å². The predicted octanol–water partition coefficient (Wildman–Crippen LogP) is -0.281. The van der Waals surface area contributed by atoms with Crippen LogP contribution in [-0.2, 0) is 9.59 Å². The van der Waals surface area contributed by atoms with Gasteiger partial charge in [0.1, 0.15) is 0 Å². The Morgan fingerprint density at radius 2 is 1.59 bits per heavy atom. The van der Waals surface area contributed by atoms with Gasteiger partial charge in [-0.25, -0.2) is 10.7 Å². The molecule has 2 rings (SSSR count). The van der Waals surface area contributed by atoms with Crippen LogP contribution >= 0.6 is 0 Å². The first-order valence-corrected chi connectivity index (χ1v) is 4.80. The second-order valence-electron chi connectivity index (χ2n) is 3.37. The van der Waals surface area contributed by atoms with Crippen LogP contribution in [0.2, 0.25) is 0 Å². The largest absolute Gasteiger partial charge is 0.290 e. The van der Waals surface area contributed by atoms with Gasteiger partial charge in [0.25, 0.3) is 17.7 Å². The molecule has 0 fully saturated rings. The standard InChI is InChI=1S/C11H9N3O3/c12-13-11(17)7-1-3-8(4-2-7)14-9(15)5-6-10(14)16/h1-6H,12H2,(H,13,17). The maximum Gasteiger partial charge on any atom is 0.265 e. The second-order valence-corrected chi connectivity index (χ2v) is 3.37. The molecular weight excluding hydrogens is 222 g/mol. The lowest BCUT2D eigenvalue weighted by Gasteiger charge is -2.13. The molecule has 0 aromatic heterocycles. The van der Waals surface area contributed by atoms with Gasteiger partial charge in [-0.15, -0.1) is 0 Å². The molecule has 1 aromatic carbocycles. The van der Waals surface area contributed by atoms with E-state index in [1.807, 2.05) is 5.43 Å². The van der Waals surface area contributed by atoms with E-state index >= 15 is 0 Å². The molecular formula is C11H9N3O3. The van der Waals surface area contributed by atoms with Crippen molar-refractivity contribution in [2.75, 3.05) is 4.90 Å². The van der Waals surface area contributed by atoms with Crippen molar-refractivity contribution in [3.63, 3.8) is 0 Å². The molecule has 0 atom stereocenters. The summed E-state index contributed by atoms with van der Waals surface area (Å²) in [6.07, 6.45) is 2.39. The van der Waals surface area contributed by atoms with Gasteiger partial charge in [0.2, 0.25) is 0 Å². The number of nitrogen functional groups attached to an aromatic ring is 1. The molecule has 0 aliphatic carbocycles. The van der Waals surface area contributed by atoms with E-state index in [4.69, 9.17) is 5.84 Å². The second kappa shape index (κ2) is 4.18. The first-order valence-electron chi connectivity index (χ1n) is 4.80. The van der Waals surface area contributed by atoms with Crippen LogP contribution < -0.4 is 16.2 Å². The summed E-state index contributed by atoms with van der Waals surface area (Å²) in [5.74, 6) is 3.75. The van der Waals surface area contributed by atoms with Crippen molar-refractivity contribution < 1.29 is 14.4 Å². The van der Waals surface area contributed by atoms with Crippen LogP contribution in [0.4, 0.5) is 5.69 Å². The van der Waals surface area contributed by atoms with Gasteiger partial charge in [0, 0.05) is 17.7 Å². The van der Waals surface area contributed by atoms with Crippen LogP contribution in [0.1, 0.15) is 10.4 Å². The third-order valence-corrected chi connectivity index (χ3v) is 2.33. The SMILES string of the molecule is NNC(=O)c1ccc(N2C(=O)C=CC2=O)cc1. The number of hydrogen-bond acceptors (Lipinski definition) is 4. The monoisotopic (exact) mass is 231 g/mol. The molecule has 0 bridgehead atoms. The highest BCUT2D eigenvalue weighted by Gasteiger charge is 2.24. The number of amides is 3. The first kappa shape index (κ1) is 11.0. The Balaban J connectivity index is 2.27. The molecule has 0 radical (unpaired) electrons. The zero-order chi connectivity index (χ0) is 12.4. The summed E-state index contributed by atoms with van der Waals surface area (Å²) in [5.41, 5.74) is 2.75. The van der Waals surface area contributed by atoms with Crippen LogP contribution in [0, 0.1) is 0 Å². The van der Waals surface area contributed by atoms with Crippen molar-refractivity contribution in [2.24, 2.45) is 5.84 Å². The molecule has 0 saturated carbocycles. The smallest absolute Gasteiger partial charge is 0.265 e. The highest BCUT2D eigenvalue weighted by Crippen LogP contribution is 2.19. The number of rotatable bonds is 2. The number of anilines is 1. The summed E-state index contributed by atoms with van der Waals surface area (Å²) >= 11 is 0. The van der Waals surface area contributed by atoms with Crippen LogP contribution in [0.25, 0.3) is 0 Å². The van der Waals surface area contributed by atoms with Crippen molar-refractivity contribution in [1.29, 1.82) is 0 Å². The third kappa shape index (κ3) is 1.93. The molecule has 3 N–H and O–H groups in total. The molecule has 0 unspecified atom stereocenters.